The Kier molecular flexibility index (Phi) is 6.08. The van der Waals surface area contributed by atoms with Gasteiger partial charge in [0.05, 0.1) is 19.4 Å². The van der Waals surface area contributed by atoms with Gasteiger partial charge in [0.25, 0.3) is 0 Å². The van der Waals surface area contributed by atoms with Crippen molar-refractivity contribution < 1.29 is 19.1 Å². The fourth-order valence-corrected chi connectivity index (χ4v) is 1.20. The van der Waals surface area contributed by atoms with E-state index in [1.54, 1.807) is 26.0 Å². The Morgan fingerprint density at radius 2 is 1.63 bits per heavy atom. The first-order valence-electron chi connectivity index (χ1n) is 5.91. The third-order valence-electron chi connectivity index (χ3n) is 2.00. The highest BCUT2D eigenvalue weighted by molar-refractivity contribution is 5.90. The summed E-state index contributed by atoms with van der Waals surface area (Å²) in [5.74, 6) is 0. The number of rotatable bonds is 4. The molecule has 0 atom stereocenters. The molecule has 0 heterocycles. The molecule has 0 radical (unpaired) electrons. The first-order chi connectivity index (χ1) is 9.19. The van der Waals surface area contributed by atoms with E-state index in [1.165, 1.54) is 6.21 Å². The molecule has 2 amide bonds. The highest BCUT2D eigenvalue weighted by atomic mass is 16.6. The molecule has 0 unspecified atom stereocenters. The lowest BCUT2D eigenvalue weighted by atomic mass is 10.2. The number of hydrogen-bond acceptors (Lipinski definition) is 5. The number of carbonyl (C=O) groups excluding carboxylic acids is 2. The standard InChI is InChI=1S/C13H16N2O4/c1-3-18-12(16)15(13(17)19-4-2)14-10-11-8-6-5-7-9-11/h5-10H,3-4H2,1-2H3/b14-10+. The second-order valence-corrected chi connectivity index (χ2v) is 3.36. The molecule has 0 spiro atoms. The van der Waals surface area contributed by atoms with Gasteiger partial charge in [0.1, 0.15) is 0 Å². The Morgan fingerprint density at radius 1 is 1.11 bits per heavy atom. The van der Waals surface area contributed by atoms with Crippen molar-refractivity contribution in [3.8, 4) is 0 Å². The molecular weight excluding hydrogens is 248 g/mol. The zero-order valence-electron chi connectivity index (χ0n) is 10.9. The van der Waals surface area contributed by atoms with Gasteiger partial charge in [-0.3, -0.25) is 0 Å². The average molecular weight is 264 g/mol. The van der Waals surface area contributed by atoms with E-state index in [2.05, 4.69) is 5.10 Å². The SMILES string of the molecule is CCOC(=O)N(/N=C/c1ccccc1)C(=O)OCC. The van der Waals surface area contributed by atoms with Gasteiger partial charge >= 0.3 is 12.2 Å². The van der Waals surface area contributed by atoms with Crippen LogP contribution in [0, 0.1) is 0 Å². The van der Waals surface area contributed by atoms with Crippen LogP contribution < -0.4 is 0 Å². The van der Waals surface area contributed by atoms with Crippen molar-refractivity contribution in [1.82, 2.24) is 5.01 Å². The first kappa shape index (κ1) is 14.7. The van der Waals surface area contributed by atoms with Crippen LogP contribution >= 0.6 is 0 Å². The Hall–Kier alpha value is -2.37. The van der Waals surface area contributed by atoms with Crippen LogP contribution in [0.4, 0.5) is 9.59 Å². The van der Waals surface area contributed by atoms with Gasteiger partial charge in [0.15, 0.2) is 0 Å². The quantitative estimate of drug-likeness (QED) is 0.619. The van der Waals surface area contributed by atoms with Crippen LogP contribution in [-0.4, -0.2) is 36.6 Å². The zero-order chi connectivity index (χ0) is 14.1. The predicted octanol–water partition coefficient (Wildman–Crippen LogP) is 2.64. The van der Waals surface area contributed by atoms with Gasteiger partial charge < -0.3 is 9.47 Å². The minimum absolute atomic E-state index is 0.148. The molecule has 0 N–H and O–H groups in total. The van der Waals surface area contributed by atoms with Crippen LogP contribution in [0.1, 0.15) is 19.4 Å². The molecule has 0 aliphatic heterocycles. The Morgan fingerprint density at radius 3 is 2.11 bits per heavy atom. The minimum atomic E-state index is -0.867. The number of nitrogens with zero attached hydrogens (tertiary/aromatic N) is 2. The maximum atomic E-state index is 11.6. The Labute approximate surface area is 111 Å². The van der Waals surface area contributed by atoms with Gasteiger partial charge in [-0.25, -0.2) is 9.59 Å². The maximum Gasteiger partial charge on any atom is 0.440 e. The van der Waals surface area contributed by atoms with Crippen LogP contribution in [0.25, 0.3) is 0 Å². The third kappa shape index (κ3) is 4.79. The van der Waals surface area contributed by atoms with Gasteiger partial charge in [-0.15, -0.1) is 0 Å². The van der Waals surface area contributed by atoms with Gasteiger partial charge in [-0.1, -0.05) is 35.3 Å². The summed E-state index contributed by atoms with van der Waals surface area (Å²) in [6, 6.07) is 9.07. The van der Waals surface area contributed by atoms with Crippen LogP contribution in [0.5, 0.6) is 0 Å². The van der Waals surface area contributed by atoms with E-state index in [9.17, 15) is 9.59 Å². The van der Waals surface area contributed by atoms with E-state index in [-0.39, 0.29) is 13.2 Å². The lowest BCUT2D eigenvalue weighted by Crippen LogP contribution is -2.33. The Bertz CT molecular complexity index is 427. The van der Waals surface area contributed by atoms with Gasteiger partial charge in [-0.05, 0) is 19.4 Å². The van der Waals surface area contributed by atoms with E-state index in [4.69, 9.17) is 9.47 Å². The summed E-state index contributed by atoms with van der Waals surface area (Å²) in [5, 5.41) is 4.35. The predicted molar refractivity (Wildman–Crippen MR) is 69.9 cm³/mol. The van der Waals surface area contributed by atoms with Gasteiger partial charge in [-0.2, -0.15) is 5.10 Å². The second-order valence-electron chi connectivity index (χ2n) is 3.36. The monoisotopic (exact) mass is 264 g/mol. The van der Waals surface area contributed by atoms with Crippen molar-refractivity contribution in [2.75, 3.05) is 13.2 Å². The molecule has 102 valence electrons. The largest absolute Gasteiger partial charge is 0.448 e. The number of amides is 2. The fraction of sp³-hybridized carbons (Fsp3) is 0.308. The number of ether oxygens (including phenoxy) is 2. The number of benzene rings is 1. The second kappa shape index (κ2) is 7.86. The molecule has 6 nitrogen and oxygen atoms in total. The van der Waals surface area contributed by atoms with Crippen molar-refractivity contribution in [1.29, 1.82) is 0 Å². The summed E-state index contributed by atoms with van der Waals surface area (Å²) in [5.41, 5.74) is 0.751. The topological polar surface area (TPSA) is 68.2 Å². The molecule has 0 saturated carbocycles. The van der Waals surface area contributed by atoms with Crippen molar-refractivity contribution in [3.05, 3.63) is 35.9 Å². The summed E-state index contributed by atoms with van der Waals surface area (Å²) in [7, 11) is 0. The Balaban J connectivity index is 2.82. The summed E-state index contributed by atoms with van der Waals surface area (Å²) in [6.45, 7) is 3.58. The van der Waals surface area contributed by atoms with E-state index >= 15 is 0 Å². The highest BCUT2D eigenvalue weighted by Crippen LogP contribution is 2.02. The number of carbonyl (C=O) groups is 2. The fourth-order valence-electron chi connectivity index (χ4n) is 1.20. The van der Waals surface area contributed by atoms with Crippen LogP contribution in [0.15, 0.2) is 35.4 Å². The van der Waals surface area contributed by atoms with Crippen LogP contribution in [0.2, 0.25) is 0 Å². The smallest absolute Gasteiger partial charge is 0.440 e. The summed E-state index contributed by atoms with van der Waals surface area (Å²) in [6.07, 6.45) is -0.352. The normalized spacial score (nSPS) is 10.2. The molecule has 0 saturated heterocycles. The zero-order valence-corrected chi connectivity index (χ0v) is 10.9. The number of hydrazone groups is 1. The molecule has 0 bridgehead atoms. The van der Waals surface area contributed by atoms with Crippen LogP contribution in [-0.2, 0) is 9.47 Å². The highest BCUT2D eigenvalue weighted by Gasteiger charge is 2.23. The molecule has 19 heavy (non-hydrogen) atoms. The molecular formula is C13H16N2O4. The summed E-state index contributed by atoms with van der Waals surface area (Å²) < 4.78 is 9.46. The van der Waals surface area contributed by atoms with E-state index < -0.39 is 12.2 Å². The molecule has 1 rings (SSSR count). The molecule has 0 fully saturated rings. The molecule has 0 aromatic heterocycles. The molecule has 1 aromatic rings. The van der Waals surface area contributed by atoms with Gasteiger partial charge in [0, 0.05) is 0 Å². The lowest BCUT2D eigenvalue weighted by molar-refractivity contribution is 0.0826. The van der Waals surface area contributed by atoms with Crippen molar-refractivity contribution >= 4 is 18.4 Å². The summed E-state index contributed by atoms with van der Waals surface area (Å²) >= 11 is 0. The third-order valence-corrected chi connectivity index (χ3v) is 2.00. The number of hydrogen-bond donors (Lipinski definition) is 0. The molecule has 0 aliphatic carbocycles. The van der Waals surface area contributed by atoms with E-state index in [0.717, 1.165) is 5.56 Å². The molecule has 6 heteroatoms. The van der Waals surface area contributed by atoms with E-state index in [0.29, 0.717) is 5.01 Å². The molecule has 1 aromatic carbocycles. The summed E-state index contributed by atoms with van der Waals surface area (Å²) in [4.78, 5) is 23.1. The van der Waals surface area contributed by atoms with Crippen LogP contribution in [0.3, 0.4) is 0 Å². The maximum absolute atomic E-state index is 11.6. The lowest BCUT2D eigenvalue weighted by Gasteiger charge is -2.13. The molecule has 0 aliphatic rings. The van der Waals surface area contributed by atoms with Gasteiger partial charge in [0.2, 0.25) is 0 Å². The average Bonchev–Trinajstić information content (AvgIpc) is 2.41. The van der Waals surface area contributed by atoms with Crippen molar-refractivity contribution in [3.63, 3.8) is 0 Å². The van der Waals surface area contributed by atoms with Crippen molar-refractivity contribution in [2.24, 2.45) is 5.10 Å². The van der Waals surface area contributed by atoms with Crippen molar-refractivity contribution in [2.45, 2.75) is 13.8 Å². The first-order valence-corrected chi connectivity index (χ1v) is 5.91. The minimum Gasteiger partial charge on any atom is -0.448 e. The van der Waals surface area contributed by atoms with E-state index in [1.807, 2.05) is 18.2 Å². The number of imide groups is 1.